The van der Waals surface area contributed by atoms with Crippen LogP contribution in [0.4, 0.5) is 13.2 Å². The van der Waals surface area contributed by atoms with Gasteiger partial charge in [-0.15, -0.1) is 0 Å². The molecule has 0 saturated heterocycles. The number of nitrogens with zero attached hydrogens (tertiary/aromatic N) is 4. The van der Waals surface area contributed by atoms with Crippen LogP contribution >= 0.6 is 0 Å². The molecule has 3 aromatic heterocycles. The van der Waals surface area contributed by atoms with Gasteiger partial charge in [0.15, 0.2) is 0 Å². The highest BCUT2D eigenvalue weighted by Gasteiger charge is 2.38. The van der Waals surface area contributed by atoms with Crippen LogP contribution in [0.2, 0.25) is 0 Å². The van der Waals surface area contributed by atoms with Gasteiger partial charge in [-0.05, 0) is 50.5 Å². The molecule has 0 radical (unpaired) electrons. The number of unbranched alkanes of at least 4 members (excludes halogenated alkanes) is 1. The highest BCUT2D eigenvalue weighted by atomic mass is 19.4. The topological polar surface area (TPSA) is 69.9 Å². The predicted molar refractivity (Wildman–Crippen MR) is 99.1 cm³/mol. The maximum Gasteiger partial charge on any atom is 0.471 e. The van der Waals surface area contributed by atoms with E-state index in [2.05, 4.69) is 24.4 Å². The number of aryl methyl sites for hydroxylation is 4. The molecule has 6 nitrogen and oxygen atoms in total. The van der Waals surface area contributed by atoms with Crippen molar-refractivity contribution in [1.29, 1.82) is 0 Å². The molecule has 3 heterocycles. The first-order chi connectivity index (χ1) is 13.8. The molecule has 0 saturated carbocycles. The number of fused-ring (bicyclic) bond motifs is 1. The Morgan fingerprint density at radius 1 is 1.03 bits per heavy atom. The third-order valence-corrected chi connectivity index (χ3v) is 4.73. The standard InChI is InChI=1S/C20H19F3N4O2/c1-12-9-15(18-24-19(29-26-18)20(21,22)23)11-14-6-8-27(17(12)14)7-4-3-5-16-10-13(2)25-28-16/h6,8-11H,3-5,7H2,1-2H3. The molecule has 0 aliphatic rings. The van der Waals surface area contributed by atoms with E-state index in [1.165, 1.54) is 0 Å². The summed E-state index contributed by atoms with van der Waals surface area (Å²) in [6.45, 7) is 4.65. The number of hydrogen-bond donors (Lipinski definition) is 0. The molecule has 0 atom stereocenters. The van der Waals surface area contributed by atoms with Gasteiger partial charge >= 0.3 is 12.1 Å². The van der Waals surface area contributed by atoms with E-state index in [1.54, 1.807) is 12.1 Å². The molecule has 152 valence electrons. The fourth-order valence-electron chi connectivity index (χ4n) is 3.46. The van der Waals surface area contributed by atoms with Gasteiger partial charge in [-0.2, -0.15) is 18.2 Å². The molecular formula is C20H19F3N4O2. The van der Waals surface area contributed by atoms with Crippen LogP contribution in [0.15, 0.2) is 39.5 Å². The second-order valence-corrected chi connectivity index (χ2v) is 7.05. The molecule has 0 amide bonds. The van der Waals surface area contributed by atoms with E-state index in [0.717, 1.165) is 53.7 Å². The smallest absolute Gasteiger partial charge is 0.361 e. The van der Waals surface area contributed by atoms with Crippen molar-refractivity contribution in [2.24, 2.45) is 0 Å². The average molecular weight is 404 g/mol. The fraction of sp³-hybridized carbons (Fsp3) is 0.350. The molecule has 29 heavy (non-hydrogen) atoms. The molecule has 9 heteroatoms. The van der Waals surface area contributed by atoms with Gasteiger partial charge in [0, 0.05) is 36.2 Å². The van der Waals surface area contributed by atoms with E-state index < -0.39 is 12.1 Å². The SMILES string of the molecule is Cc1cc(CCCCn2ccc3cc(-c4noc(C(F)(F)F)n4)cc(C)c32)on1. The van der Waals surface area contributed by atoms with Crippen molar-refractivity contribution in [1.82, 2.24) is 19.9 Å². The minimum atomic E-state index is -4.65. The number of hydrogen-bond acceptors (Lipinski definition) is 5. The highest BCUT2D eigenvalue weighted by Crippen LogP contribution is 2.31. The minimum Gasteiger partial charge on any atom is -0.361 e. The van der Waals surface area contributed by atoms with Crippen molar-refractivity contribution < 1.29 is 22.2 Å². The zero-order valence-corrected chi connectivity index (χ0v) is 16.0. The van der Waals surface area contributed by atoms with Crippen LogP contribution < -0.4 is 0 Å². The van der Waals surface area contributed by atoms with Crippen LogP contribution in [0.25, 0.3) is 22.3 Å². The van der Waals surface area contributed by atoms with Gasteiger partial charge < -0.3 is 13.6 Å². The summed E-state index contributed by atoms with van der Waals surface area (Å²) in [6.07, 6.45) is 0.0943. The van der Waals surface area contributed by atoms with E-state index in [9.17, 15) is 13.2 Å². The predicted octanol–water partition coefficient (Wildman–Crippen LogP) is 5.34. The van der Waals surface area contributed by atoms with Crippen molar-refractivity contribution in [2.45, 2.75) is 45.8 Å². The van der Waals surface area contributed by atoms with Crippen molar-refractivity contribution >= 4 is 10.9 Å². The van der Waals surface area contributed by atoms with E-state index in [0.29, 0.717) is 5.56 Å². The molecule has 0 N–H and O–H groups in total. The van der Waals surface area contributed by atoms with Crippen molar-refractivity contribution in [3.63, 3.8) is 0 Å². The maximum atomic E-state index is 12.7. The van der Waals surface area contributed by atoms with Crippen LogP contribution in [-0.4, -0.2) is 19.9 Å². The van der Waals surface area contributed by atoms with Crippen LogP contribution in [0, 0.1) is 13.8 Å². The number of halogens is 3. The third kappa shape index (κ3) is 4.03. The first-order valence-corrected chi connectivity index (χ1v) is 9.24. The number of rotatable bonds is 6. The summed E-state index contributed by atoms with van der Waals surface area (Å²) in [5.41, 5.74) is 3.36. The largest absolute Gasteiger partial charge is 0.471 e. The van der Waals surface area contributed by atoms with Gasteiger partial charge in [-0.25, -0.2) is 0 Å². The maximum absolute atomic E-state index is 12.7. The second-order valence-electron chi connectivity index (χ2n) is 7.05. The number of alkyl halides is 3. The Morgan fingerprint density at radius 3 is 2.55 bits per heavy atom. The molecule has 1 aromatic carbocycles. The van der Waals surface area contributed by atoms with Gasteiger partial charge in [0.1, 0.15) is 5.76 Å². The van der Waals surface area contributed by atoms with Gasteiger partial charge in [0.05, 0.1) is 11.2 Å². The summed E-state index contributed by atoms with van der Waals surface area (Å²) in [7, 11) is 0. The second kappa shape index (κ2) is 7.38. The van der Waals surface area contributed by atoms with Gasteiger partial charge in [0.2, 0.25) is 5.82 Å². The molecule has 0 fully saturated rings. The van der Waals surface area contributed by atoms with Crippen molar-refractivity contribution in [2.75, 3.05) is 0 Å². The molecular weight excluding hydrogens is 385 g/mol. The summed E-state index contributed by atoms with van der Waals surface area (Å²) < 4.78 is 49.8. The Bertz CT molecular complexity index is 1140. The third-order valence-electron chi connectivity index (χ3n) is 4.73. The van der Waals surface area contributed by atoms with E-state index in [-0.39, 0.29) is 5.82 Å². The molecule has 0 unspecified atom stereocenters. The molecule has 0 aliphatic heterocycles. The lowest BCUT2D eigenvalue weighted by Gasteiger charge is -2.08. The Labute approximate surface area is 164 Å². The first-order valence-electron chi connectivity index (χ1n) is 9.24. The van der Waals surface area contributed by atoms with Gasteiger partial charge in [0.25, 0.3) is 0 Å². The summed E-state index contributed by atoms with van der Waals surface area (Å²) in [5, 5.41) is 8.28. The van der Waals surface area contributed by atoms with E-state index in [1.807, 2.05) is 32.2 Å². The van der Waals surface area contributed by atoms with Crippen LogP contribution in [0.3, 0.4) is 0 Å². The van der Waals surface area contributed by atoms with Crippen molar-refractivity contribution in [3.05, 3.63) is 53.4 Å². The van der Waals surface area contributed by atoms with E-state index >= 15 is 0 Å². The Morgan fingerprint density at radius 2 is 1.86 bits per heavy atom. The lowest BCUT2D eigenvalue weighted by atomic mass is 10.1. The molecule has 0 bridgehead atoms. The number of aromatic nitrogens is 4. The zero-order valence-electron chi connectivity index (χ0n) is 16.0. The molecule has 0 spiro atoms. The van der Waals surface area contributed by atoms with Crippen LogP contribution in [0.5, 0.6) is 0 Å². The Hall–Kier alpha value is -3.10. The molecule has 4 aromatic rings. The monoisotopic (exact) mass is 404 g/mol. The lowest BCUT2D eigenvalue weighted by molar-refractivity contribution is -0.159. The highest BCUT2D eigenvalue weighted by molar-refractivity contribution is 5.87. The normalized spacial score (nSPS) is 12.2. The number of benzene rings is 1. The average Bonchev–Trinajstić information content (AvgIpc) is 3.38. The quantitative estimate of drug-likeness (QED) is 0.406. The van der Waals surface area contributed by atoms with Gasteiger partial charge in [-0.3, -0.25) is 0 Å². The summed E-state index contributed by atoms with van der Waals surface area (Å²) >= 11 is 0. The zero-order chi connectivity index (χ0) is 20.6. The molecule has 4 rings (SSSR count). The Balaban J connectivity index is 1.49. The van der Waals surface area contributed by atoms with Crippen LogP contribution in [-0.2, 0) is 19.1 Å². The van der Waals surface area contributed by atoms with E-state index in [4.69, 9.17) is 4.52 Å². The lowest BCUT2D eigenvalue weighted by Crippen LogP contribution is -2.04. The Kier molecular flexibility index (Phi) is 4.89. The first kappa shape index (κ1) is 19.2. The van der Waals surface area contributed by atoms with Crippen molar-refractivity contribution in [3.8, 4) is 11.4 Å². The minimum absolute atomic E-state index is 0.0718. The fourth-order valence-corrected chi connectivity index (χ4v) is 3.46. The summed E-state index contributed by atoms with van der Waals surface area (Å²) in [6, 6.07) is 7.44. The summed E-state index contributed by atoms with van der Waals surface area (Å²) in [5.74, 6) is -0.527. The van der Waals surface area contributed by atoms with Crippen LogP contribution in [0.1, 0.15) is 35.7 Å². The molecule has 0 aliphatic carbocycles. The van der Waals surface area contributed by atoms with Gasteiger partial charge in [-0.1, -0.05) is 10.3 Å². The summed E-state index contributed by atoms with van der Waals surface area (Å²) in [4.78, 5) is 3.47.